The Morgan fingerprint density at radius 3 is 1.69 bits per heavy atom. The van der Waals surface area contributed by atoms with E-state index in [1.165, 1.54) is 0 Å². The first-order chi connectivity index (χ1) is 15.1. The molecule has 2 heterocycles. The third-order valence-corrected chi connectivity index (χ3v) is 8.60. The van der Waals surface area contributed by atoms with Crippen molar-refractivity contribution in [3.8, 4) is 0 Å². The first kappa shape index (κ1) is 22.8. The lowest BCUT2D eigenvalue weighted by Gasteiger charge is -2.65. The van der Waals surface area contributed by atoms with Gasteiger partial charge < -0.3 is 23.7 Å². The molecule has 2 atom stereocenters. The van der Waals surface area contributed by atoms with Gasteiger partial charge in [0.2, 0.25) is 0 Å². The lowest BCUT2D eigenvalue weighted by Crippen LogP contribution is -2.68. The lowest BCUT2D eigenvalue weighted by atomic mass is 9.50. The van der Waals surface area contributed by atoms with E-state index in [9.17, 15) is 4.79 Å². The molecule has 6 heteroatoms. The number of hydrogen-bond donors (Lipinski definition) is 0. The molecule has 0 N–H and O–H groups in total. The number of carbonyl (C=O) groups excluding carboxylic acids is 1. The molecule has 32 heavy (non-hydrogen) atoms. The number of hydrogen-bond acceptors (Lipinski definition) is 6. The molecule has 2 saturated heterocycles. The first-order valence-electron chi connectivity index (χ1n) is 12.4. The average Bonchev–Trinajstić information content (AvgIpc) is 2.63. The van der Waals surface area contributed by atoms with Gasteiger partial charge in [0.05, 0.1) is 37.6 Å². The number of carbonyl (C=O) groups is 1. The first-order valence-corrected chi connectivity index (χ1v) is 12.4. The highest BCUT2D eigenvalue weighted by Gasteiger charge is 2.66. The summed E-state index contributed by atoms with van der Waals surface area (Å²) in [4.78, 5) is 12.6. The van der Waals surface area contributed by atoms with Crippen LogP contribution in [-0.2, 0) is 28.5 Å². The fourth-order valence-corrected chi connectivity index (χ4v) is 7.11. The van der Waals surface area contributed by atoms with Gasteiger partial charge in [-0.15, -0.1) is 0 Å². The minimum atomic E-state index is -0.498. The molecule has 6 nitrogen and oxygen atoms in total. The van der Waals surface area contributed by atoms with Crippen molar-refractivity contribution < 1.29 is 28.5 Å². The van der Waals surface area contributed by atoms with E-state index in [4.69, 9.17) is 23.7 Å². The Bertz CT molecular complexity index is 724. The Hall–Kier alpha value is -0.950. The van der Waals surface area contributed by atoms with Gasteiger partial charge in [0.1, 0.15) is 5.60 Å². The van der Waals surface area contributed by atoms with E-state index in [0.717, 1.165) is 91.0 Å². The standard InChI is InChI=1S/C26H40O6/c1-19(2)21(27)32-26-11-20-9-24(13-26,30-7-5-22(3)15-28-16-22)12-25(10-20,14-26)31-8-6-23(4)17-29-18-23/h20H,1,5-18H2,2-4H3. The second-order valence-corrected chi connectivity index (χ2v) is 12.5. The number of esters is 1. The topological polar surface area (TPSA) is 63.2 Å². The van der Waals surface area contributed by atoms with Crippen LogP contribution in [0.1, 0.15) is 72.1 Å². The van der Waals surface area contributed by atoms with Crippen molar-refractivity contribution in [2.45, 2.75) is 88.9 Å². The maximum atomic E-state index is 12.6. The van der Waals surface area contributed by atoms with Crippen LogP contribution in [0.5, 0.6) is 0 Å². The quantitative estimate of drug-likeness (QED) is 0.369. The van der Waals surface area contributed by atoms with Crippen LogP contribution in [0.3, 0.4) is 0 Å². The molecule has 6 rings (SSSR count). The summed E-state index contributed by atoms with van der Waals surface area (Å²) in [5.41, 5.74) is -0.0933. The van der Waals surface area contributed by atoms with Gasteiger partial charge in [-0.05, 0) is 44.9 Å². The summed E-state index contributed by atoms with van der Waals surface area (Å²) >= 11 is 0. The van der Waals surface area contributed by atoms with Crippen LogP contribution in [0.2, 0.25) is 0 Å². The molecule has 6 fully saturated rings. The summed E-state index contributed by atoms with van der Waals surface area (Å²) < 4.78 is 30.5. The van der Waals surface area contributed by atoms with Crippen LogP contribution in [0.4, 0.5) is 0 Å². The van der Waals surface area contributed by atoms with Crippen LogP contribution < -0.4 is 0 Å². The molecule has 4 bridgehead atoms. The molecule has 4 saturated carbocycles. The number of rotatable bonds is 10. The predicted octanol–water partition coefficient (Wildman–Crippen LogP) is 4.21. The summed E-state index contributed by atoms with van der Waals surface area (Å²) in [6.07, 6.45) is 7.47. The minimum absolute atomic E-state index is 0.237. The maximum absolute atomic E-state index is 12.6. The highest BCUT2D eigenvalue weighted by molar-refractivity contribution is 5.87. The average molecular weight is 449 g/mol. The van der Waals surface area contributed by atoms with E-state index in [0.29, 0.717) is 11.5 Å². The van der Waals surface area contributed by atoms with Crippen molar-refractivity contribution in [1.29, 1.82) is 0 Å². The van der Waals surface area contributed by atoms with E-state index in [2.05, 4.69) is 20.4 Å². The fraction of sp³-hybridized carbons (Fsp3) is 0.885. The van der Waals surface area contributed by atoms with E-state index in [1.54, 1.807) is 6.92 Å². The van der Waals surface area contributed by atoms with Gasteiger partial charge in [-0.3, -0.25) is 0 Å². The zero-order valence-corrected chi connectivity index (χ0v) is 20.1. The monoisotopic (exact) mass is 448 g/mol. The van der Waals surface area contributed by atoms with Crippen molar-refractivity contribution in [3.05, 3.63) is 12.2 Å². The van der Waals surface area contributed by atoms with Crippen molar-refractivity contribution >= 4 is 5.97 Å². The molecule has 0 radical (unpaired) electrons. The predicted molar refractivity (Wildman–Crippen MR) is 119 cm³/mol. The summed E-state index contributed by atoms with van der Waals surface area (Å²) in [6, 6.07) is 0. The molecule has 4 aliphatic carbocycles. The summed E-state index contributed by atoms with van der Waals surface area (Å²) in [5.74, 6) is 0.185. The van der Waals surface area contributed by atoms with Gasteiger partial charge in [-0.25, -0.2) is 4.79 Å². The molecular weight excluding hydrogens is 408 g/mol. The Balaban J connectivity index is 1.31. The van der Waals surface area contributed by atoms with Crippen LogP contribution in [0, 0.1) is 16.7 Å². The molecule has 0 spiro atoms. The number of ether oxygens (including phenoxy) is 5. The van der Waals surface area contributed by atoms with E-state index in [1.807, 2.05) is 0 Å². The Kier molecular flexibility index (Phi) is 5.56. The van der Waals surface area contributed by atoms with Crippen molar-refractivity contribution in [2.24, 2.45) is 16.7 Å². The van der Waals surface area contributed by atoms with Crippen LogP contribution >= 0.6 is 0 Å². The normalized spacial score (nSPS) is 40.4. The van der Waals surface area contributed by atoms with Crippen LogP contribution in [0.25, 0.3) is 0 Å². The second kappa shape index (κ2) is 7.79. The van der Waals surface area contributed by atoms with Crippen molar-refractivity contribution in [2.75, 3.05) is 39.6 Å². The smallest absolute Gasteiger partial charge is 0.333 e. The molecule has 0 aromatic rings. The minimum Gasteiger partial charge on any atom is -0.455 e. The van der Waals surface area contributed by atoms with E-state index in [-0.39, 0.29) is 28.0 Å². The van der Waals surface area contributed by atoms with Crippen molar-refractivity contribution in [3.63, 3.8) is 0 Å². The molecule has 2 unspecified atom stereocenters. The van der Waals surface area contributed by atoms with Gasteiger partial charge in [0.25, 0.3) is 0 Å². The highest BCUT2D eigenvalue weighted by atomic mass is 16.6. The Morgan fingerprint density at radius 1 is 0.844 bits per heavy atom. The largest absolute Gasteiger partial charge is 0.455 e. The van der Waals surface area contributed by atoms with Gasteiger partial charge in [0.15, 0.2) is 0 Å². The third-order valence-electron chi connectivity index (χ3n) is 8.60. The van der Waals surface area contributed by atoms with Gasteiger partial charge >= 0.3 is 5.97 Å². The Morgan fingerprint density at radius 2 is 1.28 bits per heavy atom. The van der Waals surface area contributed by atoms with E-state index < -0.39 is 5.60 Å². The van der Waals surface area contributed by atoms with Crippen LogP contribution in [0.15, 0.2) is 12.2 Å². The molecule has 6 aliphatic rings. The SMILES string of the molecule is C=C(C)C(=O)OC12CC3CC(OCCC4(C)COC4)(CC(OCCC4(C)COC4)(C3)C1)C2. The van der Waals surface area contributed by atoms with Crippen molar-refractivity contribution in [1.82, 2.24) is 0 Å². The van der Waals surface area contributed by atoms with E-state index >= 15 is 0 Å². The van der Waals surface area contributed by atoms with Crippen LogP contribution in [-0.4, -0.2) is 62.4 Å². The molecule has 180 valence electrons. The zero-order chi connectivity index (χ0) is 22.7. The van der Waals surface area contributed by atoms with Gasteiger partial charge in [-0.2, -0.15) is 0 Å². The molecule has 0 amide bonds. The maximum Gasteiger partial charge on any atom is 0.333 e. The van der Waals surface area contributed by atoms with Gasteiger partial charge in [0, 0.05) is 48.9 Å². The molecular formula is C26H40O6. The summed E-state index contributed by atoms with van der Waals surface area (Å²) in [6.45, 7) is 14.8. The summed E-state index contributed by atoms with van der Waals surface area (Å²) in [5, 5.41) is 0. The highest BCUT2D eigenvalue weighted by Crippen LogP contribution is 2.63. The summed E-state index contributed by atoms with van der Waals surface area (Å²) in [7, 11) is 0. The zero-order valence-electron chi connectivity index (χ0n) is 20.1. The molecule has 0 aromatic carbocycles. The molecule has 2 aliphatic heterocycles. The Labute approximate surface area is 192 Å². The molecule has 0 aromatic heterocycles. The van der Waals surface area contributed by atoms with Gasteiger partial charge in [-0.1, -0.05) is 20.4 Å². The fourth-order valence-electron chi connectivity index (χ4n) is 7.11. The third kappa shape index (κ3) is 4.28. The lowest BCUT2D eigenvalue weighted by molar-refractivity contribution is -0.287. The second-order valence-electron chi connectivity index (χ2n) is 12.5.